The van der Waals surface area contributed by atoms with Gasteiger partial charge in [-0.3, -0.25) is 9.59 Å². The number of nitrogens with zero attached hydrogens (tertiary/aromatic N) is 1. The summed E-state index contributed by atoms with van der Waals surface area (Å²) < 4.78 is 26.7. The van der Waals surface area contributed by atoms with Crippen LogP contribution in [0.15, 0.2) is 42.5 Å². The first kappa shape index (κ1) is 22.7. The normalized spacial score (nSPS) is 15.4. The van der Waals surface area contributed by atoms with Gasteiger partial charge in [-0.15, -0.1) is 0 Å². The molecule has 0 aliphatic carbocycles. The van der Waals surface area contributed by atoms with Gasteiger partial charge < -0.3 is 15.5 Å². The summed E-state index contributed by atoms with van der Waals surface area (Å²) in [6.07, 6.45) is 2.35. The number of piperidine rings is 1. The Morgan fingerprint density at radius 1 is 1.06 bits per heavy atom. The maximum Gasteiger partial charge on any atom is 0.253 e. The predicted molar refractivity (Wildman–Crippen MR) is 117 cm³/mol. The van der Waals surface area contributed by atoms with Gasteiger partial charge in [0.2, 0.25) is 0 Å². The number of amides is 2. The molecule has 2 aromatic rings. The van der Waals surface area contributed by atoms with E-state index in [4.69, 9.17) is 0 Å². The summed E-state index contributed by atoms with van der Waals surface area (Å²) in [6.45, 7) is 6.16. The lowest BCUT2D eigenvalue weighted by atomic mass is 10.0. The average molecular weight is 430 g/mol. The van der Waals surface area contributed by atoms with Gasteiger partial charge in [0.1, 0.15) is 11.6 Å². The summed E-state index contributed by atoms with van der Waals surface area (Å²) >= 11 is 0. The van der Waals surface area contributed by atoms with Crippen molar-refractivity contribution < 1.29 is 18.4 Å². The molecule has 5 nitrogen and oxygen atoms in total. The Morgan fingerprint density at radius 3 is 2.35 bits per heavy atom. The molecule has 166 valence electrons. The smallest absolute Gasteiger partial charge is 0.253 e. The number of rotatable bonds is 7. The van der Waals surface area contributed by atoms with Crippen molar-refractivity contribution in [2.45, 2.75) is 39.2 Å². The number of benzene rings is 2. The van der Waals surface area contributed by atoms with Crippen LogP contribution in [-0.4, -0.2) is 37.5 Å². The minimum Gasteiger partial charge on any atom is -0.371 e. The van der Waals surface area contributed by atoms with Crippen LogP contribution < -0.4 is 15.5 Å². The summed E-state index contributed by atoms with van der Waals surface area (Å²) in [4.78, 5) is 27.2. The Labute approximate surface area is 181 Å². The molecule has 0 radical (unpaired) electrons. The number of carbonyl (C=O) groups excluding carboxylic acids is 2. The molecule has 2 aromatic carbocycles. The maximum absolute atomic E-state index is 13.4. The van der Waals surface area contributed by atoms with E-state index in [2.05, 4.69) is 29.4 Å². The van der Waals surface area contributed by atoms with E-state index in [1.165, 1.54) is 0 Å². The van der Waals surface area contributed by atoms with Crippen LogP contribution in [0.2, 0.25) is 0 Å². The monoisotopic (exact) mass is 429 g/mol. The van der Waals surface area contributed by atoms with Crippen LogP contribution in [-0.2, 0) is 0 Å². The van der Waals surface area contributed by atoms with Crippen LogP contribution >= 0.6 is 0 Å². The molecule has 0 spiro atoms. The zero-order valence-corrected chi connectivity index (χ0v) is 18.0. The van der Waals surface area contributed by atoms with E-state index in [1.54, 1.807) is 0 Å². The van der Waals surface area contributed by atoms with Gasteiger partial charge in [-0.1, -0.05) is 32.4 Å². The molecule has 1 heterocycles. The van der Waals surface area contributed by atoms with Crippen molar-refractivity contribution in [3.8, 4) is 0 Å². The third-order valence-electron chi connectivity index (χ3n) is 5.75. The van der Waals surface area contributed by atoms with Gasteiger partial charge in [-0.05, 0) is 43.0 Å². The molecule has 1 aliphatic heterocycles. The van der Waals surface area contributed by atoms with E-state index in [0.29, 0.717) is 44.0 Å². The van der Waals surface area contributed by atoms with Crippen molar-refractivity contribution >= 4 is 17.5 Å². The number of carbonyl (C=O) groups is 2. The fourth-order valence-electron chi connectivity index (χ4n) is 3.67. The summed E-state index contributed by atoms with van der Waals surface area (Å²) in [5.74, 6) is -1.70. The van der Waals surface area contributed by atoms with E-state index >= 15 is 0 Å². The summed E-state index contributed by atoms with van der Waals surface area (Å²) in [5.41, 5.74) is 1.49. The van der Waals surface area contributed by atoms with Crippen molar-refractivity contribution in [3.63, 3.8) is 0 Å². The molecular formula is C24H29F2N3O2. The molecule has 1 fully saturated rings. The third-order valence-corrected chi connectivity index (χ3v) is 5.75. The number of para-hydroxylation sites is 1. The van der Waals surface area contributed by atoms with Gasteiger partial charge >= 0.3 is 0 Å². The second-order valence-corrected chi connectivity index (χ2v) is 8.13. The van der Waals surface area contributed by atoms with Crippen molar-refractivity contribution in [2.24, 2.45) is 5.92 Å². The van der Waals surface area contributed by atoms with Crippen LogP contribution in [0.1, 0.15) is 53.8 Å². The second-order valence-electron chi connectivity index (χ2n) is 8.13. The molecule has 3 rings (SSSR count). The lowest BCUT2D eigenvalue weighted by Gasteiger charge is -2.35. The van der Waals surface area contributed by atoms with Crippen LogP contribution in [0.4, 0.5) is 14.5 Å². The Bertz CT molecular complexity index is 907. The lowest BCUT2D eigenvalue weighted by Crippen LogP contribution is -2.45. The fourth-order valence-corrected chi connectivity index (χ4v) is 3.67. The van der Waals surface area contributed by atoms with Gasteiger partial charge in [0.05, 0.1) is 5.56 Å². The van der Waals surface area contributed by atoms with Crippen molar-refractivity contribution in [1.82, 2.24) is 10.6 Å². The SMILES string of the molecule is CCC(C)CNC(=O)c1ccccc1N1CCC(NC(=O)c2cc(F)cc(F)c2)CC1. The molecule has 1 atom stereocenters. The fraction of sp³-hybridized carbons (Fsp3) is 0.417. The highest BCUT2D eigenvalue weighted by atomic mass is 19.1. The van der Waals surface area contributed by atoms with E-state index < -0.39 is 17.5 Å². The molecule has 2 N–H and O–H groups in total. The molecule has 2 amide bonds. The van der Waals surface area contributed by atoms with Crippen LogP contribution in [0.5, 0.6) is 0 Å². The second kappa shape index (κ2) is 10.4. The maximum atomic E-state index is 13.4. The van der Waals surface area contributed by atoms with Gasteiger partial charge in [0, 0.05) is 43.0 Å². The Balaban J connectivity index is 1.59. The summed E-state index contributed by atoms with van der Waals surface area (Å²) in [6, 6.07) is 10.2. The first-order chi connectivity index (χ1) is 14.9. The highest BCUT2D eigenvalue weighted by molar-refractivity contribution is 5.99. The topological polar surface area (TPSA) is 61.4 Å². The van der Waals surface area contributed by atoms with Crippen molar-refractivity contribution in [2.75, 3.05) is 24.5 Å². The first-order valence-corrected chi connectivity index (χ1v) is 10.8. The van der Waals surface area contributed by atoms with Gasteiger partial charge in [0.25, 0.3) is 11.8 Å². The zero-order chi connectivity index (χ0) is 22.4. The highest BCUT2D eigenvalue weighted by Gasteiger charge is 2.24. The van der Waals surface area contributed by atoms with E-state index in [-0.39, 0.29) is 17.5 Å². The van der Waals surface area contributed by atoms with Crippen LogP contribution in [0.3, 0.4) is 0 Å². The largest absolute Gasteiger partial charge is 0.371 e. The first-order valence-electron chi connectivity index (χ1n) is 10.8. The molecule has 7 heteroatoms. The lowest BCUT2D eigenvalue weighted by molar-refractivity contribution is 0.0928. The Morgan fingerprint density at radius 2 is 1.71 bits per heavy atom. The summed E-state index contributed by atoms with van der Waals surface area (Å²) in [5, 5.41) is 5.87. The van der Waals surface area contributed by atoms with E-state index in [0.717, 1.165) is 30.3 Å². The number of hydrogen-bond acceptors (Lipinski definition) is 3. The number of halogens is 2. The molecule has 0 saturated carbocycles. The van der Waals surface area contributed by atoms with E-state index in [1.807, 2.05) is 24.3 Å². The molecule has 0 aromatic heterocycles. The average Bonchev–Trinajstić information content (AvgIpc) is 2.77. The van der Waals surface area contributed by atoms with E-state index in [9.17, 15) is 18.4 Å². The zero-order valence-electron chi connectivity index (χ0n) is 18.0. The molecule has 1 saturated heterocycles. The van der Waals surface area contributed by atoms with Crippen molar-refractivity contribution in [3.05, 3.63) is 65.2 Å². The van der Waals surface area contributed by atoms with Crippen LogP contribution in [0.25, 0.3) is 0 Å². The molecule has 1 aliphatic rings. The molecule has 31 heavy (non-hydrogen) atoms. The predicted octanol–water partition coefficient (Wildman–Crippen LogP) is 4.14. The van der Waals surface area contributed by atoms with Crippen LogP contribution in [0, 0.1) is 17.6 Å². The van der Waals surface area contributed by atoms with Gasteiger partial charge in [0.15, 0.2) is 0 Å². The minimum atomic E-state index is -0.775. The molecular weight excluding hydrogens is 400 g/mol. The highest BCUT2D eigenvalue weighted by Crippen LogP contribution is 2.24. The number of nitrogens with one attached hydrogen (secondary N) is 2. The Kier molecular flexibility index (Phi) is 7.60. The van der Waals surface area contributed by atoms with Crippen molar-refractivity contribution in [1.29, 1.82) is 0 Å². The molecule has 0 bridgehead atoms. The quantitative estimate of drug-likeness (QED) is 0.696. The summed E-state index contributed by atoms with van der Waals surface area (Å²) in [7, 11) is 0. The van der Waals surface area contributed by atoms with Gasteiger partial charge in [-0.25, -0.2) is 8.78 Å². The standard InChI is InChI=1S/C24H29F2N3O2/c1-3-16(2)15-27-24(31)21-6-4-5-7-22(21)29-10-8-20(9-11-29)28-23(30)17-12-18(25)14-19(26)13-17/h4-7,12-14,16,20H,3,8-11,15H2,1-2H3,(H,27,31)(H,28,30). The molecule has 1 unspecified atom stereocenters. The minimum absolute atomic E-state index is 0.0248. The third kappa shape index (κ3) is 6.03. The van der Waals surface area contributed by atoms with Gasteiger partial charge in [-0.2, -0.15) is 0 Å². The number of anilines is 1. The number of hydrogen-bond donors (Lipinski definition) is 2. The Hall–Kier alpha value is -2.96.